The Morgan fingerprint density at radius 1 is 1.19 bits per heavy atom. The molecule has 110 valence electrons. The quantitative estimate of drug-likeness (QED) is 0.856. The van der Waals surface area contributed by atoms with E-state index in [0.29, 0.717) is 17.9 Å². The van der Waals surface area contributed by atoms with Crippen LogP contribution < -0.4 is 10.1 Å². The van der Waals surface area contributed by atoms with Gasteiger partial charge in [-0.05, 0) is 30.7 Å². The average Bonchev–Trinajstić information content (AvgIpc) is 2.51. The first kappa shape index (κ1) is 15.1. The third-order valence-electron chi connectivity index (χ3n) is 2.98. The first-order valence-corrected chi connectivity index (χ1v) is 6.86. The lowest BCUT2D eigenvalue weighted by atomic mass is 10.1. The highest BCUT2D eigenvalue weighted by molar-refractivity contribution is 5.94. The molecule has 2 aromatic carbocycles. The molecule has 0 saturated heterocycles. The number of carbonyl (C=O) groups is 1. The average molecular weight is 285 g/mol. The number of ether oxygens (including phenoxy) is 1. The minimum atomic E-state index is -0.218. The van der Waals surface area contributed by atoms with Gasteiger partial charge in [0, 0.05) is 12.1 Å². The largest absolute Gasteiger partial charge is 0.489 e. The van der Waals surface area contributed by atoms with Gasteiger partial charge in [-0.15, -0.1) is 0 Å². The van der Waals surface area contributed by atoms with Gasteiger partial charge < -0.3 is 15.2 Å². The van der Waals surface area contributed by atoms with Gasteiger partial charge in [-0.3, -0.25) is 4.79 Å². The minimum Gasteiger partial charge on any atom is -0.489 e. The highest BCUT2D eigenvalue weighted by Crippen LogP contribution is 2.15. The Balaban J connectivity index is 1.99. The number of amides is 1. The lowest BCUT2D eigenvalue weighted by Crippen LogP contribution is -2.26. The summed E-state index contributed by atoms with van der Waals surface area (Å²) in [5.74, 6) is 0.429. The number of aryl methyl sites for hydroxylation is 1. The van der Waals surface area contributed by atoms with E-state index in [1.54, 1.807) is 18.2 Å². The summed E-state index contributed by atoms with van der Waals surface area (Å²) in [6.07, 6.45) is 0. The van der Waals surface area contributed by atoms with Crippen LogP contribution in [0, 0.1) is 6.92 Å². The second kappa shape index (κ2) is 7.45. The second-order valence-corrected chi connectivity index (χ2v) is 4.79. The van der Waals surface area contributed by atoms with E-state index in [1.807, 2.05) is 31.2 Å². The van der Waals surface area contributed by atoms with E-state index in [-0.39, 0.29) is 19.1 Å². The number of hydrogen-bond donors (Lipinski definition) is 2. The molecule has 0 aliphatic heterocycles. The van der Waals surface area contributed by atoms with Gasteiger partial charge in [-0.25, -0.2) is 0 Å². The van der Waals surface area contributed by atoms with Crippen LogP contribution in [0.15, 0.2) is 48.5 Å². The summed E-state index contributed by atoms with van der Waals surface area (Å²) < 4.78 is 5.71. The molecule has 2 N–H and O–H groups in total. The van der Waals surface area contributed by atoms with Crippen LogP contribution >= 0.6 is 0 Å². The standard InChI is InChI=1S/C17H19NO3/c1-13-4-2-5-14(10-13)12-21-16-7-3-6-15(11-16)17(20)18-8-9-19/h2-7,10-11,19H,8-9,12H2,1H3,(H,18,20). The lowest BCUT2D eigenvalue weighted by Gasteiger charge is -2.09. The van der Waals surface area contributed by atoms with Crippen molar-refractivity contribution in [3.05, 3.63) is 65.2 Å². The summed E-state index contributed by atoms with van der Waals surface area (Å²) in [4.78, 5) is 11.8. The summed E-state index contributed by atoms with van der Waals surface area (Å²) >= 11 is 0. The van der Waals surface area contributed by atoms with E-state index in [1.165, 1.54) is 5.56 Å². The Labute approximate surface area is 124 Å². The van der Waals surface area contributed by atoms with Crippen LogP contribution in [0.25, 0.3) is 0 Å². The highest BCUT2D eigenvalue weighted by Gasteiger charge is 2.06. The van der Waals surface area contributed by atoms with Crippen LogP contribution in [0.2, 0.25) is 0 Å². The summed E-state index contributed by atoms with van der Waals surface area (Å²) in [5, 5.41) is 11.3. The van der Waals surface area contributed by atoms with Gasteiger partial charge in [-0.1, -0.05) is 35.9 Å². The van der Waals surface area contributed by atoms with Crippen molar-refractivity contribution >= 4 is 5.91 Å². The fraction of sp³-hybridized carbons (Fsp3) is 0.235. The smallest absolute Gasteiger partial charge is 0.251 e. The Hall–Kier alpha value is -2.33. The third-order valence-corrected chi connectivity index (χ3v) is 2.98. The van der Waals surface area contributed by atoms with Crippen molar-refractivity contribution in [2.75, 3.05) is 13.2 Å². The summed E-state index contributed by atoms with van der Waals surface area (Å²) in [5.41, 5.74) is 2.79. The highest BCUT2D eigenvalue weighted by atomic mass is 16.5. The van der Waals surface area contributed by atoms with Crippen LogP contribution in [0.5, 0.6) is 5.75 Å². The molecule has 2 rings (SSSR count). The van der Waals surface area contributed by atoms with Crippen molar-refractivity contribution in [1.29, 1.82) is 0 Å². The van der Waals surface area contributed by atoms with E-state index in [2.05, 4.69) is 11.4 Å². The molecule has 4 nitrogen and oxygen atoms in total. The Morgan fingerprint density at radius 2 is 2.00 bits per heavy atom. The summed E-state index contributed by atoms with van der Waals surface area (Å²) in [6.45, 7) is 2.67. The maximum Gasteiger partial charge on any atom is 0.251 e. The fourth-order valence-corrected chi connectivity index (χ4v) is 1.97. The van der Waals surface area contributed by atoms with Gasteiger partial charge in [-0.2, -0.15) is 0 Å². The van der Waals surface area contributed by atoms with Crippen LogP contribution in [-0.2, 0) is 6.61 Å². The molecule has 0 saturated carbocycles. The number of nitrogens with one attached hydrogen (secondary N) is 1. The van der Waals surface area contributed by atoms with Crippen molar-refractivity contribution in [2.45, 2.75) is 13.5 Å². The van der Waals surface area contributed by atoms with E-state index < -0.39 is 0 Å². The Kier molecular flexibility index (Phi) is 5.35. The number of rotatable bonds is 6. The van der Waals surface area contributed by atoms with E-state index in [9.17, 15) is 4.79 Å². The molecule has 0 aliphatic rings. The summed E-state index contributed by atoms with van der Waals surface area (Å²) in [6, 6.07) is 15.1. The predicted molar refractivity (Wildman–Crippen MR) is 81.4 cm³/mol. The molecule has 0 aliphatic carbocycles. The molecular formula is C17H19NO3. The van der Waals surface area contributed by atoms with Gasteiger partial charge in [0.2, 0.25) is 0 Å². The van der Waals surface area contributed by atoms with Crippen LogP contribution in [-0.4, -0.2) is 24.2 Å². The molecule has 2 aromatic rings. The number of hydrogen-bond acceptors (Lipinski definition) is 3. The van der Waals surface area contributed by atoms with E-state index in [4.69, 9.17) is 9.84 Å². The molecule has 0 heterocycles. The molecule has 4 heteroatoms. The maximum atomic E-state index is 11.8. The van der Waals surface area contributed by atoms with Gasteiger partial charge in [0.05, 0.1) is 6.61 Å². The second-order valence-electron chi connectivity index (χ2n) is 4.79. The number of aliphatic hydroxyl groups excluding tert-OH is 1. The van der Waals surface area contributed by atoms with E-state index in [0.717, 1.165) is 5.56 Å². The molecule has 0 radical (unpaired) electrons. The van der Waals surface area contributed by atoms with E-state index >= 15 is 0 Å². The van der Waals surface area contributed by atoms with Crippen molar-refractivity contribution in [3.63, 3.8) is 0 Å². The SMILES string of the molecule is Cc1cccc(COc2cccc(C(=O)NCCO)c2)c1. The van der Waals surface area contributed by atoms with Crippen molar-refractivity contribution in [2.24, 2.45) is 0 Å². The molecule has 0 bridgehead atoms. The molecule has 0 spiro atoms. The molecule has 21 heavy (non-hydrogen) atoms. The zero-order chi connectivity index (χ0) is 15.1. The third kappa shape index (κ3) is 4.61. The van der Waals surface area contributed by atoms with Crippen molar-refractivity contribution in [1.82, 2.24) is 5.32 Å². The monoisotopic (exact) mass is 285 g/mol. The first-order valence-electron chi connectivity index (χ1n) is 6.86. The molecule has 1 amide bonds. The normalized spacial score (nSPS) is 10.2. The Bertz CT molecular complexity index is 610. The topological polar surface area (TPSA) is 58.6 Å². The Morgan fingerprint density at radius 3 is 2.76 bits per heavy atom. The molecule has 0 unspecified atom stereocenters. The van der Waals surface area contributed by atoms with Gasteiger partial charge in [0.15, 0.2) is 0 Å². The molecule has 0 fully saturated rings. The molecule has 0 aromatic heterocycles. The van der Waals surface area contributed by atoms with Crippen molar-refractivity contribution in [3.8, 4) is 5.75 Å². The van der Waals surface area contributed by atoms with Crippen LogP contribution in [0.4, 0.5) is 0 Å². The first-order chi connectivity index (χ1) is 10.2. The van der Waals surface area contributed by atoms with Crippen LogP contribution in [0.3, 0.4) is 0 Å². The number of aliphatic hydroxyl groups is 1. The zero-order valence-corrected chi connectivity index (χ0v) is 12.0. The van der Waals surface area contributed by atoms with Crippen LogP contribution in [0.1, 0.15) is 21.5 Å². The maximum absolute atomic E-state index is 11.8. The minimum absolute atomic E-state index is 0.0741. The summed E-state index contributed by atoms with van der Waals surface area (Å²) in [7, 11) is 0. The predicted octanol–water partition coefficient (Wildman–Crippen LogP) is 2.30. The van der Waals surface area contributed by atoms with Crippen molar-refractivity contribution < 1.29 is 14.6 Å². The van der Waals surface area contributed by atoms with Gasteiger partial charge in [0.1, 0.15) is 12.4 Å². The van der Waals surface area contributed by atoms with Gasteiger partial charge in [0.25, 0.3) is 5.91 Å². The zero-order valence-electron chi connectivity index (χ0n) is 12.0. The fourth-order valence-electron chi connectivity index (χ4n) is 1.97. The molecular weight excluding hydrogens is 266 g/mol. The molecule has 0 atom stereocenters. The number of benzene rings is 2. The van der Waals surface area contributed by atoms with Gasteiger partial charge >= 0.3 is 0 Å². The lowest BCUT2D eigenvalue weighted by molar-refractivity contribution is 0.0944. The number of carbonyl (C=O) groups excluding carboxylic acids is 1.